The Morgan fingerprint density at radius 3 is 1.22 bits per heavy atom. The van der Waals surface area contributed by atoms with E-state index in [1.807, 2.05) is 6.92 Å². The number of hydrogen-bond acceptors (Lipinski definition) is 8. The first-order chi connectivity index (χ1) is 37.9. The Kier molecular flexibility index (Phi) is 22.3. The molecule has 0 aliphatic carbocycles. The van der Waals surface area contributed by atoms with Gasteiger partial charge >= 0.3 is 30.7 Å². The summed E-state index contributed by atoms with van der Waals surface area (Å²) in [7, 11) is 0. The molecule has 0 saturated carbocycles. The van der Waals surface area contributed by atoms with Gasteiger partial charge in [-0.2, -0.15) is 52.7 Å². The minimum atomic E-state index is -4.98. The van der Waals surface area contributed by atoms with Crippen LogP contribution >= 0.6 is 15.9 Å². The number of nitrogens with zero attached hydrogens (tertiary/aromatic N) is 2. The van der Waals surface area contributed by atoms with Gasteiger partial charge in [0.15, 0.2) is 0 Å². The Labute approximate surface area is 474 Å². The molecule has 0 radical (unpaired) electrons. The lowest BCUT2D eigenvalue weighted by Gasteiger charge is -2.32. The van der Waals surface area contributed by atoms with Gasteiger partial charge in [-0.05, 0) is 98.7 Å². The van der Waals surface area contributed by atoms with Crippen LogP contribution in [-0.2, 0) is 74.0 Å². The van der Waals surface area contributed by atoms with E-state index in [0.717, 1.165) is 11.8 Å². The molecule has 0 spiro atoms. The second-order valence-corrected chi connectivity index (χ2v) is 20.7. The lowest BCUT2D eigenvalue weighted by molar-refractivity contribution is -0.145. The second kappa shape index (κ2) is 27.5. The Morgan fingerprint density at radius 2 is 0.939 bits per heavy atom. The van der Waals surface area contributed by atoms with Crippen LogP contribution < -0.4 is 10.6 Å². The van der Waals surface area contributed by atoms with Crippen molar-refractivity contribution in [2.45, 2.75) is 140 Å². The van der Waals surface area contributed by atoms with Crippen LogP contribution in [0.3, 0.4) is 0 Å². The average molecular weight is 1240 g/mol. The molecule has 0 bridgehead atoms. The molecular formula is C57H63BrF12N4O8. The van der Waals surface area contributed by atoms with E-state index in [1.165, 1.54) is 23.6 Å². The smallest absolute Gasteiger partial charge is 0.416 e. The SMILES string of the molecule is C.CCOC(=O)CCCBr.C[C@@H](OC[C@@]1(c2ccccc2)C[C@@H](N2CCCC2=O)C(=O)N1)c1cc(C(F)(F)F)cc(C(F)(F)F)c1.C[C@@H](OC[C@@]1(c2ccccc2)C[C@H](N2CCCC2=O)C(=O)N1)c1cc(C(F)(F)F)cc(C(F)(F)F)c1. The molecule has 0 aromatic heterocycles. The van der Waals surface area contributed by atoms with Gasteiger partial charge in [0.25, 0.3) is 0 Å². The van der Waals surface area contributed by atoms with Crippen LogP contribution in [0.15, 0.2) is 97.1 Å². The third-order valence-electron chi connectivity index (χ3n) is 14.2. The molecule has 4 fully saturated rings. The van der Waals surface area contributed by atoms with Crippen LogP contribution in [0.5, 0.6) is 0 Å². The van der Waals surface area contributed by atoms with Gasteiger partial charge in [-0.1, -0.05) is 84.0 Å². The number of esters is 1. The van der Waals surface area contributed by atoms with E-state index in [-0.39, 0.29) is 86.3 Å². The zero-order chi connectivity index (χ0) is 59.7. The summed E-state index contributed by atoms with van der Waals surface area (Å²) in [5, 5.41) is 6.65. The quantitative estimate of drug-likeness (QED) is 0.0641. The number of ether oxygens (including phenoxy) is 3. The maximum absolute atomic E-state index is 13.3. The number of likely N-dealkylation sites (tertiary alicyclic amines) is 2. The van der Waals surface area contributed by atoms with E-state index in [1.54, 1.807) is 60.7 Å². The highest BCUT2D eigenvalue weighted by Gasteiger charge is 2.52. The minimum absolute atomic E-state index is 0. The summed E-state index contributed by atoms with van der Waals surface area (Å²) in [4.78, 5) is 63.9. The van der Waals surface area contributed by atoms with Crippen molar-refractivity contribution in [2.24, 2.45) is 0 Å². The predicted molar refractivity (Wildman–Crippen MR) is 279 cm³/mol. The number of hydrogen-bond donors (Lipinski definition) is 2. The molecule has 4 heterocycles. The number of benzene rings is 4. The van der Waals surface area contributed by atoms with Gasteiger partial charge in [0.2, 0.25) is 23.6 Å². The van der Waals surface area contributed by atoms with Gasteiger partial charge in [0, 0.05) is 50.5 Å². The summed E-state index contributed by atoms with van der Waals surface area (Å²) in [6.45, 7) is 5.43. The van der Waals surface area contributed by atoms with E-state index in [4.69, 9.17) is 9.47 Å². The molecule has 4 aromatic carbocycles. The van der Waals surface area contributed by atoms with Crippen molar-refractivity contribution in [3.8, 4) is 0 Å². The van der Waals surface area contributed by atoms with Crippen LogP contribution in [0.1, 0.15) is 136 Å². The highest BCUT2D eigenvalue weighted by atomic mass is 79.9. The van der Waals surface area contributed by atoms with E-state index < -0.39 is 82.3 Å². The number of carbonyl (C=O) groups excluding carboxylic acids is 5. The van der Waals surface area contributed by atoms with Crippen molar-refractivity contribution in [1.82, 2.24) is 20.4 Å². The summed E-state index contributed by atoms with van der Waals surface area (Å²) in [5.74, 6) is -1.15. The largest absolute Gasteiger partial charge is 0.466 e. The summed E-state index contributed by atoms with van der Waals surface area (Å²) < 4.78 is 176. The molecule has 12 nitrogen and oxygen atoms in total. The Bertz CT molecular complexity index is 2600. The molecule has 4 aliphatic rings. The fraction of sp³-hybridized carbons (Fsp3) is 0.491. The highest BCUT2D eigenvalue weighted by Crippen LogP contribution is 2.43. The van der Waals surface area contributed by atoms with Crippen LogP contribution in [0, 0.1) is 0 Å². The lowest BCUT2D eigenvalue weighted by atomic mass is 9.87. The number of alkyl halides is 13. The molecule has 4 aromatic rings. The van der Waals surface area contributed by atoms with Crippen LogP contribution in [0.4, 0.5) is 52.7 Å². The first-order valence-electron chi connectivity index (χ1n) is 25.8. The number of halogens is 13. The predicted octanol–water partition coefficient (Wildman–Crippen LogP) is 12.8. The van der Waals surface area contributed by atoms with E-state index in [0.29, 0.717) is 87.2 Å². The minimum Gasteiger partial charge on any atom is -0.466 e. The summed E-state index contributed by atoms with van der Waals surface area (Å²) >= 11 is 3.22. The number of rotatable bonds is 16. The van der Waals surface area contributed by atoms with Crippen molar-refractivity contribution in [2.75, 3.05) is 38.2 Å². The van der Waals surface area contributed by atoms with Crippen molar-refractivity contribution >= 4 is 45.5 Å². The normalized spacial score (nSPS) is 21.9. The standard InChI is InChI=1S/2C25H24F6N2O3.C6H11BrO2.CH4/c2*1-15(16-10-18(24(26,27)28)12-19(11-16)25(29,30)31)36-14-23(17-6-3-2-4-7-17)13-20(22(35)32-23)33-9-5-8-21(33)34;1-2-9-6(8)4-3-5-7;/h2*2-4,6-7,10-12,15,20H,5,8-9,13-14H2,1H3,(H,32,35);2-5H2,1H3;1H4/t15-,20+,23-;15-,20-,23-;;/m11../s1. The van der Waals surface area contributed by atoms with Crippen LogP contribution in [0.25, 0.3) is 0 Å². The summed E-state index contributed by atoms with van der Waals surface area (Å²) in [6.07, 6.45) is -18.6. The molecule has 2 N–H and O–H groups in total. The number of amides is 4. The summed E-state index contributed by atoms with van der Waals surface area (Å²) in [6, 6.07) is 18.6. The third kappa shape index (κ3) is 16.7. The van der Waals surface area contributed by atoms with Gasteiger partial charge < -0.3 is 34.6 Å². The Morgan fingerprint density at radius 1 is 0.598 bits per heavy atom. The molecular weight excluding hydrogens is 1180 g/mol. The maximum atomic E-state index is 13.3. The van der Waals surface area contributed by atoms with E-state index >= 15 is 0 Å². The molecule has 4 amide bonds. The maximum Gasteiger partial charge on any atom is 0.416 e. The molecule has 25 heteroatoms. The topological polar surface area (TPSA) is 144 Å². The molecule has 8 rings (SSSR count). The average Bonchev–Trinajstić information content (AvgIpc) is 4.34. The van der Waals surface area contributed by atoms with Gasteiger partial charge in [-0.15, -0.1) is 0 Å². The van der Waals surface area contributed by atoms with E-state index in [2.05, 4.69) is 31.3 Å². The second-order valence-electron chi connectivity index (χ2n) is 19.9. The number of nitrogens with one attached hydrogen (secondary N) is 2. The van der Waals surface area contributed by atoms with Crippen molar-refractivity contribution < 1.29 is 90.9 Å². The van der Waals surface area contributed by atoms with Gasteiger partial charge in [0.1, 0.15) is 12.1 Å². The van der Waals surface area contributed by atoms with Gasteiger partial charge in [-0.25, -0.2) is 0 Å². The Balaban J connectivity index is 0.000000259. The zero-order valence-corrected chi connectivity index (χ0v) is 45.6. The zero-order valence-electron chi connectivity index (χ0n) is 44.0. The first kappa shape index (κ1) is 66.6. The monoisotopic (exact) mass is 1240 g/mol. The van der Waals surface area contributed by atoms with Crippen molar-refractivity contribution in [1.29, 1.82) is 0 Å². The fourth-order valence-electron chi connectivity index (χ4n) is 9.94. The molecule has 6 atom stereocenters. The summed E-state index contributed by atoms with van der Waals surface area (Å²) in [5.41, 5.74) is -7.23. The molecule has 82 heavy (non-hydrogen) atoms. The molecule has 4 saturated heterocycles. The Hall–Kier alpha value is -6.21. The molecule has 4 aliphatic heterocycles. The molecule has 450 valence electrons. The van der Waals surface area contributed by atoms with Crippen molar-refractivity contribution in [3.63, 3.8) is 0 Å². The highest BCUT2D eigenvalue weighted by molar-refractivity contribution is 9.09. The van der Waals surface area contributed by atoms with Crippen molar-refractivity contribution in [3.05, 3.63) is 142 Å². The third-order valence-corrected chi connectivity index (χ3v) is 14.7. The first-order valence-corrected chi connectivity index (χ1v) is 26.9. The fourth-order valence-corrected chi connectivity index (χ4v) is 10.2. The van der Waals surface area contributed by atoms with Crippen LogP contribution in [-0.4, -0.2) is 89.7 Å². The van der Waals surface area contributed by atoms with Crippen LogP contribution in [0.2, 0.25) is 0 Å². The molecule has 0 unspecified atom stereocenters. The number of carbonyl (C=O) groups is 5. The van der Waals surface area contributed by atoms with Gasteiger partial charge in [-0.3, -0.25) is 24.0 Å². The van der Waals surface area contributed by atoms with Gasteiger partial charge in [0.05, 0.1) is 65.4 Å². The lowest BCUT2D eigenvalue weighted by Crippen LogP contribution is -2.43. The van der Waals surface area contributed by atoms with E-state index in [9.17, 15) is 76.7 Å².